The van der Waals surface area contributed by atoms with Crippen molar-refractivity contribution in [2.24, 2.45) is 0 Å². The number of carbonyl (C=O) groups is 2. The third-order valence-electron chi connectivity index (χ3n) is 10.2. The van der Waals surface area contributed by atoms with Crippen molar-refractivity contribution in [2.45, 2.75) is 49.5 Å². The molecular formula is C44H46N6O8. The van der Waals surface area contributed by atoms with Gasteiger partial charge < -0.3 is 39.0 Å². The number of esters is 1. The predicted octanol–water partition coefficient (Wildman–Crippen LogP) is 4.84. The summed E-state index contributed by atoms with van der Waals surface area (Å²) in [6.45, 7) is 1.12. The highest BCUT2D eigenvalue weighted by Crippen LogP contribution is 2.43. The van der Waals surface area contributed by atoms with Crippen LogP contribution in [0.3, 0.4) is 0 Å². The van der Waals surface area contributed by atoms with E-state index in [-0.39, 0.29) is 13.0 Å². The van der Waals surface area contributed by atoms with Crippen molar-refractivity contribution in [3.63, 3.8) is 0 Å². The van der Waals surface area contributed by atoms with E-state index in [0.29, 0.717) is 28.5 Å². The standard InChI is InChI=1S/C44H46N6O8/c1-28(51)57-35(24-29-12-8-6-9-13-29)42(53)48-37-36(58-43(39(37)52)50-27-47-38-40(49(2)3)45-26-46-41(38)50)25-56-44(30-14-10-7-11-15-30,31-16-20-33(54-4)21-17-31)32-18-22-34(55-5)23-19-32/h6-23,26-27,35-37,39,43,52H,24-25H2,1-5H3,(H,48,53)/t35-,36+,37+,39+,43+/m0/s1/i57+2. The van der Waals surface area contributed by atoms with E-state index in [9.17, 15) is 14.7 Å². The monoisotopic (exact) mass is 788 g/mol. The lowest BCUT2D eigenvalue weighted by Crippen LogP contribution is -2.53. The van der Waals surface area contributed by atoms with E-state index in [4.69, 9.17) is 23.7 Å². The second-order valence-electron chi connectivity index (χ2n) is 14.1. The summed E-state index contributed by atoms with van der Waals surface area (Å²) < 4.78 is 32.1. The maximum atomic E-state index is 14.2. The number of ether oxygens (including phenoxy) is 5. The number of hydrogen-bond donors (Lipinski definition) is 2. The molecule has 0 radical (unpaired) electrons. The first-order valence-electron chi connectivity index (χ1n) is 18.8. The highest BCUT2D eigenvalue weighted by molar-refractivity contribution is 5.84. The van der Waals surface area contributed by atoms with Gasteiger partial charge in [0.05, 0.1) is 33.2 Å². The van der Waals surface area contributed by atoms with Crippen molar-refractivity contribution in [3.8, 4) is 11.5 Å². The lowest BCUT2D eigenvalue weighted by Gasteiger charge is -2.37. The molecule has 58 heavy (non-hydrogen) atoms. The van der Waals surface area contributed by atoms with E-state index in [1.165, 1.54) is 19.6 Å². The molecule has 1 amide bonds. The molecule has 3 heterocycles. The van der Waals surface area contributed by atoms with Gasteiger partial charge in [-0.1, -0.05) is 84.9 Å². The quantitative estimate of drug-likeness (QED) is 0.0831. The summed E-state index contributed by atoms with van der Waals surface area (Å²) >= 11 is 0. The van der Waals surface area contributed by atoms with E-state index in [1.807, 2.05) is 128 Å². The summed E-state index contributed by atoms with van der Waals surface area (Å²) in [7, 11) is 6.91. The molecule has 0 bridgehead atoms. The summed E-state index contributed by atoms with van der Waals surface area (Å²) in [5.74, 6) is 0.687. The van der Waals surface area contributed by atoms with Crippen molar-refractivity contribution in [1.82, 2.24) is 24.8 Å². The van der Waals surface area contributed by atoms with Crippen LogP contribution in [0, 0.1) is 0 Å². The van der Waals surface area contributed by atoms with Crippen LogP contribution < -0.4 is 19.7 Å². The van der Waals surface area contributed by atoms with Crippen LogP contribution in [0.25, 0.3) is 11.2 Å². The number of aromatic nitrogens is 4. The Labute approximate surface area is 336 Å². The van der Waals surface area contributed by atoms with Gasteiger partial charge in [-0.2, -0.15) is 0 Å². The van der Waals surface area contributed by atoms with Gasteiger partial charge in [-0.15, -0.1) is 0 Å². The molecule has 6 aromatic rings. The van der Waals surface area contributed by atoms with Gasteiger partial charge in [-0.05, 0) is 46.5 Å². The fraction of sp³-hybridized carbons (Fsp3) is 0.295. The number of fused-ring (bicyclic) bond motifs is 1. The molecule has 5 atom stereocenters. The molecule has 0 saturated carbocycles. The maximum absolute atomic E-state index is 14.2. The van der Waals surface area contributed by atoms with Crippen LogP contribution in [-0.4, -0.2) is 95.8 Å². The number of imidazole rings is 1. The summed E-state index contributed by atoms with van der Waals surface area (Å²) in [4.78, 5) is 41.7. The van der Waals surface area contributed by atoms with Crippen LogP contribution in [0.4, 0.5) is 5.82 Å². The molecule has 0 unspecified atom stereocenters. The number of nitrogens with one attached hydrogen (secondary N) is 1. The predicted molar refractivity (Wildman–Crippen MR) is 215 cm³/mol. The SMILES string of the molecule is COc1ccc(C(OC[C@H]2O[C@@H](n3cnc4c(N(C)C)ncnc43)[C@H](O)[C@@H]2NC(=O)[C@H](Cc2ccccc2)[18O]C(C)=O)(c2ccccc2)c2ccc(OC)cc2)cc1. The molecule has 0 aliphatic carbocycles. The smallest absolute Gasteiger partial charge is 0.303 e. The van der Waals surface area contributed by atoms with Crippen molar-refractivity contribution >= 4 is 28.9 Å². The van der Waals surface area contributed by atoms with Gasteiger partial charge in [0.15, 0.2) is 29.3 Å². The molecule has 1 aliphatic rings. The first kappa shape index (κ1) is 39.9. The number of rotatable bonds is 15. The average molecular weight is 789 g/mol. The number of benzene rings is 4. The molecule has 4 aromatic carbocycles. The van der Waals surface area contributed by atoms with E-state index in [0.717, 1.165) is 22.3 Å². The molecular weight excluding hydrogens is 743 g/mol. The lowest BCUT2D eigenvalue weighted by molar-refractivity contribution is -0.154. The second kappa shape index (κ2) is 17.4. The van der Waals surface area contributed by atoms with Crippen LogP contribution in [0.1, 0.15) is 35.4 Å². The number of nitrogens with zero attached hydrogens (tertiary/aromatic N) is 5. The lowest BCUT2D eigenvalue weighted by atomic mass is 9.80. The van der Waals surface area contributed by atoms with Crippen molar-refractivity contribution in [1.29, 1.82) is 0 Å². The Kier molecular flexibility index (Phi) is 12.0. The Morgan fingerprint density at radius 2 is 1.45 bits per heavy atom. The summed E-state index contributed by atoms with van der Waals surface area (Å²) in [5.41, 5.74) is 2.86. The van der Waals surface area contributed by atoms with Gasteiger partial charge in [0.2, 0.25) is 0 Å². The molecule has 7 rings (SSSR count). The highest BCUT2D eigenvalue weighted by Gasteiger charge is 2.49. The first-order valence-corrected chi connectivity index (χ1v) is 18.8. The number of aliphatic hydroxyl groups is 1. The second-order valence-corrected chi connectivity index (χ2v) is 14.1. The normalized spacial score (nSPS) is 18.4. The minimum atomic E-state index is -1.34. The number of carbonyl (C=O) groups excluding carboxylic acids is 2. The molecule has 2 aromatic heterocycles. The molecule has 300 valence electrons. The molecule has 14 nitrogen and oxygen atoms in total. The number of methoxy groups -OCH3 is 2. The van der Waals surface area contributed by atoms with E-state index < -0.39 is 48.1 Å². The van der Waals surface area contributed by atoms with Crippen molar-refractivity contribution < 1.29 is 38.4 Å². The minimum Gasteiger partial charge on any atom is -0.497 e. The van der Waals surface area contributed by atoms with Crippen LogP contribution in [0.5, 0.6) is 11.5 Å². The Bertz CT molecular complexity index is 2260. The Morgan fingerprint density at radius 1 is 0.862 bits per heavy atom. The summed E-state index contributed by atoms with van der Waals surface area (Å²) in [5, 5.41) is 15.2. The van der Waals surface area contributed by atoms with Gasteiger partial charge in [0.1, 0.15) is 35.6 Å². The highest BCUT2D eigenvalue weighted by atomic mass is 18.3. The van der Waals surface area contributed by atoms with Gasteiger partial charge in [-0.25, -0.2) is 15.0 Å². The third kappa shape index (κ3) is 8.07. The Morgan fingerprint density at radius 3 is 2.02 bits per heavy atom. The number of aliphatic hydroxyl groups excluding tert-OH is 1. The summed E-state index contributed by atoms with van der Waals surface area (Å²) in [6.07, 6.45) is -1.49. The van der Waals surface area contributed by atoms with Crippen molar-refractivity contribution in [2.75, 3.05) is 39.8 Å². The average Bonchev–Trinajstić information content (AvgIpc) is 3.81. The molecule has 1 aliphatic heterocycles. The van der Waals surface area contributed by atoms with E-state index in [1.54, 1.807) is 18.8 Å². The Hall–Kier alpha value is -6.35. The zero-order valence-corrected chi connectivity index (χ0v) is 32.9. The topological polar surface area (TPSA) is 159 Å². The van der Waals surface area contributed by atoms with E-state index >= 15 is 0 Å². The fourth-order valence-electron chi connectivity index (χ4n) is 7.40. The van der Waals surface area contributed by atoms with Crippen LogP contribution in [0.15, 0.2) is 122 Å². The largest absolute Gasteiger partial charge is 0.497 e. The zero-order valence-electron chi connectivity index (χ0n) is 32.9. The van der Waals surface area contributed by atoms with Crippen LogP contribution in [-0.2, 0) is 35.8 Å². The summed E-state index contributed by atoms with van der Waals surface area (Å²) in [6, 6.07) is 33.2. The fourth-order valence-corrected chi connectivity index (χ4v) is 7.40. The molecule has 2 N–H and O–H groups in total. The number of amides is 1. The first-order chi connectivity index (χ1) is 28.1. The Balaban J connectivity index is 1.30. The molecule has 1 saturated heterocycles. The van der Waals surface area contributed by atoms with E-state index in [2.05, 4.69) is 20.3 Å². The van der Waals surface area contributed by atoms with Gasteiger partial charge in [0.25, 0.3) is 5.91 Å². The third-order valence-corrected chi connectivity index (χ3v) is 10.2. The molecule has 1 fully saturated rings. The van der Waals surface area contributed by atoms with Crippen LogP contribution >= 0.6 is 0 Å². The number of hydrogen-bond acceptors (Lipinski definition) is 12. The minimum absolute atomic E-state index is 0.114. The van der Waals surface area contributed by atoms with Gasteiger partial charge in [-0.3, -0.25) is 14.2 Å². The van der Waals surface area contributed by atoms with Crippen molar-refractivity contribution in [3.05, 3.63) is 144 Å². The molecule has 0 spiro atoms. The van der Waals surface area contributed by atoms with Gasteiger partial charge in [0, 0.05) is 27.4 Å². The zero-order chi connectivity index (χ0) is 40.8. The van der Waals surface area contributed by atoms with Gasteiger partial charge >= 0.3 is 5.97 Å². The molecule has 14 heteroatoms. The maximum Gasteiger partial charge on any atom is 0.303 e. The van der Waals surface area contributed by atoms with Crippen LogP contribution in [0.2, 0.25) is 0 Å². The number of anilines is 1.